The predicted molar refractivity (Wildman–Crippen MR) is 77.1 cm³/mol. The lowest BCUT2D eigenvalue weighted by Gasteiger charge is -2.19. The molecule has 106 valence electrons. The van der Waals surface area contributed by atoms with Crippen LogP contribution in [0.25, 0.3) is 11.6 Å². The number of imide groups is 1. The van der Waals surface area contributed by atoms with Crippen molar-refractivity contribution in [3.8, 4) is 0 Å². The van der Waals surface area contributed by atoms with Gasteiger partial charge < -0.3 is 4.42 Å². The Morgan fingerprint density at radius 2 is 2.15 bits per heavy atom. The molecule has 0 spiro atoms. The molecule has 1 aromatic heterocycles. The van der Waals surface area contributed by atoms with Crippen LogP contribution in [0.4, 0.5) is 0 Å². The molecular weight excluding hydrogens is 254 g/mol. The quantitative estimate of drug-likeness (QED) is 0.827. The number of carbonyl (C=O) groups is 2. The van der Waals surface area contributed by atoms with Gasteiger partial charge in [0.05, 0.1) is 12.2 Å². The van der Waals surface area contributed by atoms with Crippen molar-refractivity contribution in [3.63, 3.8) is 0 Å². The molecule has 1 aromatic rings. The number of amides is 2. The Bertz CT molecular complexity index is 679. The first-order valence-electron chi connectivity index (χ1n) is 6.79. The van der Waals surface area contributed by atoms with Crippen molar-refractivity contribution in [2.24, 2.45) is 0 Å². The van der Waals surface area contributed by atoms with Gasteiger partial charge >= 0.3 is 0 Å². The average molecular weight is 273 g/mol. The van der Waals surface area contributed by atoms with Crippen LogP contribution in [0.5, 0.6) is 0 Å². The summed E-state index contributed by atoms with van der Waals surface area (Å²) in [4.78, 5) is 23.3. The normalized spacial score (nSPS) is 22.4. The second kappa shape index (κ2) is 5.90. The number of piperidine rings is 1. The fourth-order valence-electron chi connectivity index (χ4n) is 2.60. The minimum atomic E-state index is -0.319. The van der Waals surface area contributed by atoms with Crippen molar-refractivity contribution in [3.05, 3.63) is 34.6 Å². The van der Waals surface area contributed by atoms with Gasteiger partial charge in [-0.05, 0) is 38.8 Å². The first kappa shape index (κ1) is 14.3. The highest BCUT2D eigenvalue weighted by atomic mass is 16.3. The minimum Gasteiger partial charge on any atom is -0.464 e. The van der Waals surface area contributed by atoms with Crippen molar-refractivity contribution in [2.75, 3.05) is 0 Å². The molecular formula is C16H19NO3. The summed E-state index contributed by atoms with van der Waals surface area (Å²) < 4.78 is 5.57. The number of allylic oxidation sites excluding steroid dienone is 2. The van der Waals surface area contributed by atoms with Gasteiger partial charge in [0.2, 0.25) is 11.8 Å². The molecule has 0 saturated carbocycles. The first-order valence-corrected chi connectivity index (χ1v) is 6.79. The van der Waals surface area contributed by atoms with Gasteiger partial charge in [-0.15, -0.1) is 0 Å². The number of carbonyl (C=O) groups excluding carboxylic acids is 2. The van der Waals surface area contributed by atoms with Crippen LogP contribution in [-0.4, -0.2) is 11.8 Å². The third kappa shape index (κ3) is 2.59. The Labute approximate surface area is 117 Å². The maximum absolute atomic E-state index is 12.0. The summed E-state index contributed by atoms with van der Waals surface area (Å²) in [6.45, 7) is 5.84. The lowest BCUT2D eigenvalue weighted by molar-refractivity contribution is -0.134. The third-order valence-corrected chi connectivity index (χ3v) is 3.54. The summed E-state index contributed by atoms with van der Waals surface area (Å²) in [5.41, 5.74) is 2.67. The Morgan fingerprint density at radius 3 is 2.75 bits per heavy atom. The van der Waals surface area contributed by atoms with Gasteiger partial charge in [-0.2, -0.15) is 0 Å². The molecule has 1 saturated heterocycles. The summed E-state index contributed by atoms with van der Waals surface area (Å²) in [6.07, 6.45) is 8.37. The topological polar surface area (TPSA) is 59.3 Å². The van der Waals surface area contributed by atoms with Crippen LogP contribution in [0.1, 0.15) is 45.1 Å². The molecule has 0 aliphatic carbocycles. The fraction of sp³-hybridized carbons (Fsp3) is 0.375. The zero-order valence-corrected chi connectivity index (χ0v) is 12.0. The summed E-state index contributed by atoms with van der Waals surface area (Å²) in [7, 11) is 0. The molecule has 2 rings (SSSR count). The lowest BCUT2D eigenvalue weighted by Crippen LogP contribution is -2.41. The zero-order valence-electron chi connectivity index (χ0n) is 12.0. The Hall–Kier alpha value is -2.10. The first-order chi connectivity index (χ1) is 9.58. The highest BCUT2D eigenvalue weighted by molar-refractivity contribution is 6.01. The standard InChI is InChI=1S/C16H19NO3/c1-4-6-10(3)15-12(9-20-13(15)5-2)11-7-8-14(18)17-16(11)19/h4-6,9,11H,7-8H2,1-3H3,(H,17,18,19)/b6-4-,13-5+,15-10-. The Kier molecular flexibility index (Phi) is 4.23. The lowest BCUT2D eigenvalue weighted by atomic mass is 9.90. The molecule has 1 aliphatic rings. The van der Waals surface area contributed by atoms with Crippen molar-refractivity contribution >= 4 is 23.5 Å². The van der Waals surface area contributed by atoms with E-state index in [2.05, 4.69) is 5.32 Å². The molecule has 1 aliphatic heterocycles. The van der Waals surface area contributed by atoms with Crippen molar-refractivity contribution < 1.29 is 14.0 Å². The zero-order chi connectivity index (χ0) is 14.7. The van der Waals surface area contributed by atoms with E-state index in [1.807, 2.05) is 39.0 Å². The molecule has 1 N–H and O–H groups in total. The third-order valence-electron chi connectivity index (χ3n) is 3.54. The van der Waals surface area contributed by atoms with E-state index in [1.54, 1.807) is 6.26 Å². The van der Waals surface area contributed by atoms with E-state index in [1.165, 1.54) is 0 Å². The maximum atomic E-state index is 12.0. The minimum absolute atomic E-state index is 0.201. The van der Waals surface area contributed by atoms with E-state index < -0.39 is 0 Å². The van der Waals surface area contributed by atoms with Crippen molar-refractivity contribution in [1.29, 1.82) is 0 Å². The summed E-state index contributed by atoms with van der Waals surface area (Å²) in [6, 6.07) is 0. The van der Waals surface area contributed by atoms with Crippen LogP contribution in [0.2, 0.25) is 0 Å². The summed E-state index contributed by atoms with van der Waals surface area (Å²) >= 11 is 0. The monoisotopic (exact) mass is 273 g/mol. The SMILES string of the molecule is C\C=C/C(C)=c1/c(C2CCC(=O)NC2=O)co/c1=C/C. The number of hydrogen-bond donors (Lipinski definition) is 1. The fourth-order valence-corrected chi connectivity index (χ4v) is 2.60. The number of hydrogen-bond acceptors (Lipinski definition) is 3. The van der Waals surface area contributed by atoms with Gasteiger partial charge in [-0.3, -0.25) is 14.9 Å². The molecule has 2 heterocycles. The van der Waals surface area contributed by atoms with Gasteiger partial charge in [0.15, 0.2) is 0 Å². The smallest absolute Gasteiger partial charge is 0.234 e. The van der Waals surface area contributed by atoms with E-state index >= 15 is 0 Å². The van der Waals surface area contributed by atoms with E-state index in [9.17, 15) is 9.59 Å². The van der Waals surface area contributed by atoms with Gasteiger partial charge in [0, 0.05) is 17.2 Å². The van der Waals surface area contributed by atoms with Gasteiger partial charge in [0.25, 0.3) is 0 Å². The van der Waals surface area contributed by atoms with Crippen LogP contribution >= 0.6 is 0 Å². The molecule has 2 amide bonds. The molecule has 1 unspecified atom stereocenters. The number of furan rings is 1. The Morgan fingerprint density at radius 1 is 1.40 bits per heavy atom. The largest absolute Gasteiger partial charge is 0.464 e. The van der Waals surface area contributed by atoms with Crippen LogP contribution in [-0.2, 0) is 9.59 Å². The van der Waals surface area contributed by atoms with Crippen LogP contribution in [0.15, 0.2) is 22.8 Å². The van der Waals surface area contributed by atoms with Crippen LogP contribution in [0, 0.1) is 0 Å². The number of rotatable bonds is 2. The predicted octanol–water partition coefficient (Wildman–Crippen LogP) is 1.35. The van der Waals surface area contributed by atoms with Gasteiger partial charge in [-0.1, -0.05) is 12.2 Å². The van der Waals surface area contributed by atoms with E-state index in [-0.39, 0.29) is 17.7 Å². The van der Waals surface area contributed by atoms with Gasteiger partial charge in [-0.25, -0.2) is 0 Å². The molecule has 0 aromatic carbocycles. The number of nitrogens with one attached hydrogen (secondary N) is 1. The van der Waals surface area contributed by atoms with Crippen LogP contribution < -0.4 is 16.0 Å². The van der Waals surface area contributed by atoms with Crippen molar-refractivity contribution in [1.82, 2.24) is 5.32 Å². The van der Waals surface area contributed by atoms with Crippen molar-refractivity contribution in [2.45, 2.75) is 39.5 Å². The second-order valence-corrected chi connectivity index (χ2v) is 4.91. The Balaban J connectivity index is 2.60. The van der Waals surface area contributed by atoms with Gasteiger partial charge in [0.1, 0.15) is 5.42 Å². The molecule has 20 heavy (non-hydrogen) atoms. The van der Waals surface area contributed by atoms with E-state index in [0.717, 1.165) is 21.8 Å². The van der Waals surface area contributed by atoms with E-state index in [4.69, 9.17) is 4.42 Å². The average Bonchev–Trinajstić information content (AvgIpc) is 2.82. The second-order valence-electron chi connectivity index (χ2n) is 4.91. The summed E-state index contributed by atoms with van der Waals surface area (Å²) in [5.74, 6) is -0.757. The molecule has 0 radical (unpaired) electrons. The summed E-state index contributed by atoms with van der Waals surface area (Å²) in [5, 5.41) is 3.35. The molecule has 1 fully saturated rings. The highest BCUT2D eigenvalue weighted by Crippen LogP contribution is 2.22. The molecule has 0 bridgehead atoms. The maximum Gasteiger partial charge on any atom is 0.234 e. The molecule has 4 nitrogen and oxygen atoms in total. The molecule has 1 atom stereocenters. The van der Waals surface area contributed by atoms with Crippen LogP contribution in [0.3, 0.4) is 0 Å². The van der Waals surface area contributed by atoms with E-state index in [0.29, 0.717) is 12.8 Å². The molecule has 4 heteroatoms. The highest BCUT2D eigenvalue weighted by Gasteiger charge is 2.30.